The molecule has 1 aromatic heterocycles. The lowest BCUT2D eigenvalue weighted by atomic mass is 10.1. The number of carbonyl (C=O) groups is 1. The number of hydrogen-bond donors (Lipinski definition) is 0. The van der Waals surface area contributed by atoms with Gasteiger partial charge in [-0.05, 0) is 38.3 Å². The summed E-state index contributed by atoms with van der Waals surface area (Å²) in [5.74, 6) is 0.285. The summed E-state index contributed by atoms with van der Waals surface area (Å²) in [5.41, 5.74) is 0.961. The van der Waals surface area contributed by atoms with E-state index in [0.29, 0.717) is 19.1 Å². The molecule has 0 saturated carbocycles. The fourth-order valence-electron chi connectivity index (χ4n) is 3.65. The number of likely N-dealkylation sites (tertiary alicyclic amines) is 1. The van der Waals surface area contributed by atoms with Gasteiger partial charge in [0.15, 0.2) is 0 Å². The van der Waals surface area contributed by atoms with E-state index < -0.39 is 0 Å². The number of aromatic nitrogens is 1. The van der Waals surface area contributed by atoms with Gasteiger partial charge < -0.3 is 14.4 Å². The number of ether oxygens (including phenoxy) is 2. The van der Waals surface area contributed by atoms with Gasteiger partial charge in [0.2, 0.25) is 5.91 Å². The maximum absolute atomic E-state index is 12.5. The summed E-state index contributed by atoms with van der Waals surface area (Å²) in [7, 11) is 0. The molecule has 0 spiro atoms. The van der Waals surface area contributed by atoms with Gasteiger partial charge in [0, 0.05) is 44.8 Å². The van der Waals surface area contributed by atoms with Crippen LogP contribution in [0.3, 0.4) is 0 Å². The maximum Gasteiger partial charge on any atom is 0.222 e. The highest BCUT2D eigenvalue weighted by Gasteiger charge is 2.24. The van der Waals surface area contributed by atoms with Crippen molar-refractivity contribution in [1.29, 1.82) is 0 Å². The maximum atomic E-state index is 12.5. The summed E-state index contributed by atoms with van der Waals surface area (Å²) in [6.07, 6.45) is 5.41. The third kappa shape index (κ3) is 5.76. The molecule has 3 heterocycles. The Hall–Kier alpha value is -1.50. The van der Waals surface area contributed by atoms with Crippen molar-refractivity contribution in [2.75, 3.05) is 39.4 Å². The van der Waals surface area contributed by atoms with Gasteiger partial charge in [-0.15, -0.1) is 0 Å². The fraction of sp³-hybridized carbons (Fsp3) is 0.700. The molecular formula is C20H31N3O3. The van der Waals surface area contributed by atoms with Crippen LogP contribution in [-0.4, -0.2) is 72.2 Å². The van der Waals surface area contributed by atoms with E-state index in [-0.39, 0.29) is 12.0 Å². The van der Waals surface area contributed by atoms with Crippen LogP contribution in [0.4, 0.5) is 0 Å². The zero-order chi connectivity index (χ0) is 18.2. The number of nitrogens with zero attached hydrogens (tertiary/aromatic N) is 3. The van der Waals surface area contributed by atoms with Crippen molar-refractivity contribution < 1.29 is 14.3 Å². The molecule has 0 bridgehead atoms. The molecule has 144 valence electrons. The second-order valence-electron chi connectivity index (χ2n) is 7.25. The van der Waals surface area contributed by atoms with Crippen LogP contribution in [0.25, 0.3) is 0 Å². The van der Waals surface area contributed by atoms with Gasteiger partial charge in [0.05, 0.1) is 31.6 Å². The molecule has 6 heteroatoms. The lowest BCUT2D eigenvalue weighted by Crippen LogP contribution is -2.44. The van der Waals surface area contributed by atoms with Crippen molar-refractivity contribution >= 4 is 5.91 Å². The monoisotopic (exact) mass is 361 g/mol. The minimum Gasteiger partial charge on any atom is -0.379 e. The highest BCUT2D eigenvalue weighted by atomic mass is 16.5. The van der Waals surface area contributed by atoms with Crippen molar-refractivity contribution in [2.24, 2.45) is 0 Å². The Morgan fingerprint density at radius 3 is 2.73 bits per heavy atom. The van der Waals surface area contributed by atoms with Crippen molar-refractivity contribution in [3.8, 4) is 0 Å². The average Bonchev–Trinajstić information content (AvgIpc) is 2.72. The van der Waals surface area contributed by atoms with Gasteiger partial charge in [0.1, 0.15) is 0 Å². The molecule has 0 radical (unpaired) electrons. The van der Waals surface area contributed by atoms with Gasteiger partial charge in [-0.2, -0.15) is 0 Å². The first-order valence-electron chi connectivity index (χ1n) is 9.83. The summed E-state index contributed by atoms with van der Waals surface area (Å²) in [5, 5.41) is 0. The highest BCUT2D eigenvalue weighted by Crippen LogP contribution is 2.17. The second-order valence-corrected chi connectivity index (χ2v) is 7.25. The molecule has 0 aromatic carbocycles. The number of hydrogen-bond acceptors (Lipinski definition) is 5. The highest BCUT2D eigenvalue weighted by molar-refractivity contribution is 5.76. The van der Waals surface area contributed by atoms with Crippen LogP contribution in [0.2, 0.25) is 0 Å². The van der Waals surface area contributed by atoms with Crippen LogP contribution in [0, 0.1) is 0 Å². The number of rotatable bonds is 7. The zero-order valence-corrected chi connectivity index (χ0v) is 15.8. The number of carbonyl (C=O) groups excluding carboxylic acids is 1. The number of pyridine rings is 1. The molecule has 6 nitrogen and oxygen atoms in total. The summed E-state index contributed by atoms with van der Waals surface area (Å²) in [6, 6.07) is 6.31. The first kappa shape index (κ1) is 19.3. The summed E-state index contributed by atoms with van der Waals surface area (Å²) in [6.45, 7) is 7.96. The Bertz CT molecular complexity index is 540. The van der Waals surface area contributed by atoms with Gasteiger partial charge in [-0.25, -0.2) is 0 Å². The molecule has 1 amide bonds. The van der Waals surface area contributed by atoms with E-state index in [4.69, 9.17) is 9.47 Å². The quantitative estimate of drug-likeness (QED) is 0.744. The Morgan fingerprint density at radius 1 is 1.27 bits per heavy atom. The molecule has 0 N–H and O–H groups in total. The van der Waals surface area contributed by atoms with Crippen molar-refractivity contribution in [3.05, 3.63) is 30.1 Å². The smallest absolute Gasteiger partial charge is 0.222 e. The molecule has 2 saturated heterocycles. The standard InChI is InChI=1S/C20H31N3O3/c1-17(22-12-14-25-15-13-22)5-6-20(24)23-10-7-19(8-11-23)26-16-18-4-2-3-9-21-18/h2-4,9,17,19H,5-8,10-16H2,1H3. The van der Waals surface area contributed by atoms with E-state index in [1.54, 1.807) is 6.20 Å². The van der Waals surface area contributed by atoms with Crippen LogP contribution in [-0.2, 0) is 20.9 Å². The van der Waals surface area contributed by atoms with Gasteiger partial charge in [-0.1, -0.05) is 6.07 Å². The number of piperidine rings is 1. The van der Waals surface area contributed by atoms with E-state index >= 15 is 0 Å². The molecule has 1 atom stereocenters. The minimum absolute atomic E-state index is 0.230. The van der Waals surface area contributed by atoms with E-state index in [2.05, 4.69) is 16.8 Å². The zero-order valence-electron chi connectivity index (χ0n) is 15.8. The average molecular weight is 361 g/mol. The van der Waals surface area contributed by atoms with Crippen molar-refractivity contribution in [1.82, 2.24) is 14.8 Å². The van der Waals surface area contributed by atoms with Gasteiger partial charge in [0.25, 0.3) is 0 Å². The topological polar surface area (TPSA) is 54.9 Å². The summed E-state index contributed by atoms with van der Waals surface area (Å²) >= 11 is 0. The van der Waals surface area contributed by atoms with Crippen molar-refractivity contribution in [2.45, 2.75) is 51.4 Å². The third-order valence-electron chi connectivity index (χ3n) is 5.43. The molecule has 0 aliphatic carbocycles. The normalized spacial score (nSPS) is 20.9. The molecule has 3 rings (SSSR count). The van der Waals surface area contributed by atoms with E-state index in [1.807, 2.05) is 23.1 Å². The molecule has 2 aliphatic rings. The van der Waals surface area contributed by atoms with E-state index in [0.717, 1.165) is 64.3 Å². The minimum atomic E-state index is 0.230. The predicted octanol–water partition coefficient (Wildman–Crippen LogP) is 2.09. The molecule has 2 fully saturated rings. The van der Waals surface area contributed by atoms with Gasteiger partial charge in [-0.3, -0.25) is 14.7 Å². The third-order valence-corrected chi connectivity index (χ3v) is 5.43. The fourth-order valence-corrected chi connectivity index (χ4v) is 3.65. The Morgan fingerprint density at radius 2 is 2.04 bits per heavy atom. The SMILES string of the molecule is CC(CCC(=O)N1CCC(OCc2ccccn2)CC1)N1CCOCC1. The van der Waals surface area contributed by atoms with Crippen LogP contribution in [0.1, 0.15) is 38.3 Å². The lowest BCUT2D eigenvalue weighted by molar-refractivity contribution is -0.134. The van der Waals surface area contributed by atoms with E-state index in [1.165, 1.54) is 0 Å². The molecule has 1 unspecified atom stereocenters. The van der Waals surface area contributed by atoms with Crippen LogP contribution < -0.4 is 0 Å². The number of amides is 1. The number of morpholine rings is 1. The molecular weight excluding hydrogens is 330 g/mol. The lowest BCUT2D eigenvalue weighted by Gasteiger charge is -2.34. The first-order chi connectivity index (χ1) is 12.7. The first-order valence-corrected chi connectivity index (χ1v) is 9.83. The Kier molecular flexibility index (Phi) is 7.41. The van der Waals surface area contributed by atoms with E-state index in [9.17, 15) is 4.79 Å². The summed E-state index contributed by atoms with van der Waals surface area (Å²) < 4.78 is 11.4. The molecule has 26 heavy (non-hydrogen) atoms. The largest absolute Gasteiger partial charge is 0.379 e. The molecule has 2 aliphatic heterocycles. The Balaban J connectivity index is 1.32. The second kappa shape index (κ2) is 10.00. The van der Waals surface area contributed by atoms with Crippen LogP contribution >= 0.6 is 0 Å². The van der Waals surface area contributed by atoms with Crippen LogP contribution in [0.15, 0.2) is 24.4 Å². The van der Waals surface area contributed by atoms with Gasteiger partial charge >= 0.3 is 0 Å². The van der Waals surface area contributed by atoms with Crippen LogP contribution in [0.5, 0.6) is 0 Å². The summed E-state index contributed by atoms with van der Waals surface area (Å²) in [4.78, 5) is 21.2. The van der Waals surface area contributed by atoms with Crippen molar-refractivity contribution in [3.63, 3.8) is 0 Å². The molecule has 1 aromatic rings. The Labute approximate surface area is 156 Å². The predicted molar refractivity (Wildman–Crippen MR) is 99.7 cm³/mol.